The van der Waals surface area contributed by atoms with Gasteiger partial charge in [0.2, 0.25) is 5.91 Å². The molecule has 7 heteroatoms. The highest BCUT2D eigenvalue weighted by molar-refractivity contribution is 6.36. The first-order valence-electron chi connectivity index (χ1n) is 10.3. The minimum Gasteiger partial charge on any atom is -0.361 e. The molecule has 160 valence electrons. The summed E-state index contributed by atoms with van der Waals surface area (Å²) < 4.78 is 1.82. The third kappa shape index (κ3) is 4.63. The Hall–Kier alpha value is -2.76. The van der Waals surface area contributed by atoms with Crippen LogP contribution >= 0.6 is 23.2 Å². The van der Waals surface area contributed by atoms with Crippen LogP contribution in [0.5, 0.6) is 0 Å². The topological polar surface area (TPSA) is 62.7 Å². The SMILES string of the molecule is Cc1nn(Cc2c(Cl)cccc2Cl)c(C)c1NC(=O)CCCc1c[nH]c2ccccc12. The van der Waals surface area contributed by atoms with E-state index in [1.165, 1.54) is 10.9 Å². The molecule has 0 unspecified atom stereocenters. The van der Waals surface area contributed by atoms with Crippen molar-refractivity contribution in [3.63, 3.8) is 0 Å². The van der Waals surface area contributed by atoms with E-state index in [2.05, 4.69) is 27.5 Å². The number of carbonyl (C=O) groups excluding carboxylic acids is 1. The Kier molecular flexibility index (Phi) is 6.35. The Morgan fingerprint density at radius 1 is 1.10 bits per heavy atom. The average molecular weight is 455 g/mol. The molecule has 0 saturated carbocycles. The summed E-state index contributed by atoms with van der Waals surface area (Å²) in [6, 6.07) is 13.6. The molecule has 2 heterocycles. The van der Waals surface area contributed by atoms with Crippen LogP contribution in [0.3, 0.4) is 0 Å². The Morgan fingerprint density at radius 2 is 1.84 bits per heavy atom. The number of hydrogen-bond donors (Lipinski definition) is 2. The quantitative estimate of drug-likeness (QED) is 0.344. The van der Waals surface area contributed by atoms with Gasteiger partial charge in [-0.25, -0.2) is 0 Å². The highest BCUT2D eigenvalue weighted by Crippen LogP contribution is 2.27. The van der Waals surface area contributed by atoms with Crippen LogP contribution in [0.25, 0.3) is 10.9 Å². The number of nitrogens with zero attached hydrogens (tertiary/aromatic N) is 2. The van der Waals surface area contributed by atoms with Crippen molar-refractivity contribution in [1.82, 2.24) is 14.8 Å². The first kappa shape index (κ1) is 21.5. The second-order valence-corrected chi connectivity index (χ2v) is 8.48. The predicted octanol–water partition coefficient (Wildman–Crippen LogP) is 6.30. The standard InChI is InChI=1S/C24H24Cl2N4O/c1-15-24(16(2)30(29-15)14-19-20(25)9-6-10-21(19)26)28-23(31)12-5-7-17-13-27-22-11-4-3-8-18(17)22/h3-4,6,8-11,13,27H,5,7,12,14H2,1-2H3,(H,28,31). The highest BCUT2D eigenvalue weighted by Gasteiger charge is 2.16. The van der Waals surface area contributed by atoms with Crippen molar-refractivity contribution in [1.29, 1.82) is 0 Å². The molecule has 2 aromatic carbocycles. The van der Waals surface area contributed by atoms with E-state index in [4.69, 9.17) is 23.2 Å². The maximum absolute atomic E-state index is 12.6. The van der Waals surface area contributed by atoms with E-state index in [0.717, 1.165) is 41.0 Å². The van der Waals surface area contributed by atoms with Gasteiger partial charge in [0.15, 0.2) is 0 Å². The van der Waals surface area contributed by atoms with Crippen molar-refractivity contribution in [3.8, 4) is 0 Å². The molecule has 5 nitrogen and oxygen atoms in total. The Labute approximate surface area is 191 Å². The summed E-state index contributed by atoms with van der Waals surface area (Å²) >= 11 is 12.6. The monoisotopic (exact) mass is 454 g/mol. The Bertz CT molecular complexity index is 1220. The molecule has 2 N–H and O–H groups in total. The van der Waals surface area contributed by atoms with Gasteiger partial charge in [0.05, 0.1) is 23.6 Å². The fraction of sp³-hybridized carbons (Fsp3) is 0.250. The van der Waals surface area contributed by atoms with Crippen LogP contribution in [0.1, 0.15) is 35.4 Å². The third-order valence-electron chi connectivity index (χ3n) is 5.54. The summed E-state index contributed by atoms with van der Waals surface area (Å²) in [6.45, 7) is 4.27. The number of carbonyl (C=O) groups is 1. The van der Waals surface area contributed by atoms with Crippen LogP contribution in [0, 0.1) is 13.8 Å². The Morgan fingerprint density at radius 3 is 2.61 bits per heavy atom. The van der Waals surface area contributed by atoms with E-state index in [-0.39, 0.29) is 5.91 Å². The first-order chi connectivity index (χ1) is 14.9. The molecular formula is C24H24Cl2N4O. The molecule has 0 aliphatic rings. The largest absolute Gasteiger partial charge is 0.361 e. The number of rotatable bonds is 7. The van der Waals surface area contributed by atoms with Crippen molar-refractivity contribution in [2.24, 2.45) is 0 Å². The van der Waals surface area contributed by atoms with Crippen LogP contribution in [0.4, 0.5) is 5.69 Å². The lowest BCUT2D eigenvalue weighted by atomic mass is 10.1. The summed E-state index contributed by atoms with van der Waals surface area (Å²) in [5.41, 5.74) is 5.57. The van der Waals surface area contributed by atoms with Gasteiger partial charge in [0.25, 0.3) is 0 Å². The molecule has 2 aromatic heterocycles. The zero-order chi connectivity index (χ0) is 22.0. The smallest absolute Gasteiger partial charge is 0.224 e. The number of benzene rings is 2. The maximum Gasteiger partial charge on any atom is 0.224 e. The highest BCUT2D eigenvalue weighted by atomic mass is 35.5. The second-order valence-electron chi connectivity index (χ2n) is 7.66. The molecule has 0 aliphatic carbocycles. The van der Waals surface area contributed by atoms with Gasteiger partial charge < -0.3 is 10.3 Å². The summed E-state index contributed by atoms with van der Waals surface area (Å²) in [4.78, 5) is 15.9. The van der Waals surface area contributed by atoms with Gasteiger partial charge in [-0.15, -0.1) is 0 Å². The second kappa shape index (κ2) is 9.16. The van der Waals surface area contributed by atoms with Gasteiger partial charge in [-0.3, -0.25) is 9.48 Å². The van der Waals surface area contributed by atoms with E-state index in [0.29, 0.717) is 23.0 Å². The molecule has 0 spiro atoms. The van der Waals surface area contributed by atoms with Gasteiger partial charge in [-0.1, -0.05) is 47.5 Å². The van der Waals surface area contributed by atoms with Crippen molar-refractivity contribution in [3.05, 3.63) is 81.2 Å². The molecule has 0 atom stereocenters. The van der Waals surface area contributed by atoms with Crippen molar-refractivity contribution >= 4 is 45.7 Å². The number of amides is 1. The molecule has 4 rings (SSSR count). The minimum atomic E-state index is -0.0126. The van der Waals surface area contributed by atoms with Gasteiger partial charge in [-0.05, 0) is 50.5 Å². The molecule has 0 saturated heterocycles. The van der Waals surface area contributed by atoms with Crippen LogP contribution in [-0.4, -0.2) is 20.7 Å². The predicted molar refractivity (Wildman–Crippen MR) is 127 cm³/mol. The number of fused-ring (bicyclic) bond motifs is 1. The lowest BCUT2D eigenvalue weighted by molar-refractivity contribution is -0.116. The van der Waals surface area contributed by atoms with Gasteiger partial charge >= 0.3 is 0 Å². The first-order valence-corrected chi connectivity index (χ1v) is 11.0. The summed E-state index contributed by atoms with van der Waals surface area (Å²) in [5.74, 6) is -0.0126. The lowest BCUT2D eigenvalue weighted by Crippen LogP contribution is -2.13. The van der Waals surface area contributed by atoms with Crippen molar-refractivity contribution in [2.45, 2.75) is 39.7 Å². The lowest BCUT2D eigenvalue weighted by Gasteiger charge is -2.10. The zero-order valence-electron chi connectivity index (χ0n) is 17.5. The van der Waals surface area contributed by atoms with Crippen molar-refractivity contribution in [2.75, 3.05) is 5.32 Å². The van der Waals surface area contributed by atoms with Crippen LogP contribution in [0.15, 0.2) is 48.7 Å². The molecule has 0 bridgehead atoms. The average Bonchev–Trinajstić information content (AvgIpc) is 3.27. The Balaban J connectivity index is 1.39. The van der Waals surface area contributed by atoms with E-state index in [1.54, 1.807) is 0 Å². The van der Waals surface area contributed by atoms with Crippen LogP contribution in [-0.2, 0) is 17.8 Å². The van der Waals surface area contributed by atoms with E-state index >= 15 is 0 Å². The zero-order valence-corrected chi connectivity index (χ0v) is 19.0. The van der Waals surface area contributed by atoms with Gasteiger partial charge in [0, 0.05) is 39.1 Å². The molecule has 0 fully saturated rings. The molecule has 4 aromatic rings. The number of nitrogens with one attached hydrogen (secondary N) is 2. The van der Waals surface area contributed by atoms with Gasteiger partial charge in [-0.2, -0.15) is 5.10 Å². The number of aryl methyl sites for hydroxylation is 2. The number of hydrogen-bond acceptors (Lipinski definition) is 2. The molecule has 0 aliphatic heterocycles. The van der Waals surface area contributed by atoms with E-state index in [1.807, 2.05) is 55.1 Å². The fourth-order valence-electron chi connectivity index (χ4n) is 3.84. The van der Waals surface area contributed by atoms with Crippen LogP contribution in [0.2, 0.25) is 10.0 Å². The van der Waals surface area contributed by atoms with Crippen LogP contribution < -0.4 is 5.32 Å². The number of anilines is 1. The number of halogens is 2. The number of aromatic amines is 1. The third-order valence-corrected chi connectivity index (χ3v) is 6.25. The maximum atomic E-state index is 12.6. The number of aromatic nitrogens is 3. The van der Waals surface area contributed by atoms with E-state index in [9.17, 15) is 4.79 Å². The minimum absolute atomic E-state index is 0.0126. The number of para-hydroxylation sites is 1. The van der Waals surface area contributed by atoms with E-state index < -0.39 is 0 Å². The van der Waals surface area contributed by atoms with Crippen molar-refractivity contribution < 1.29 is 4.79 Å². The molecular weight excluding hydrogens is 431 g/mol. The molecule has 1 amide bonds. The van der Waals surface area contributed by atoms with Gasteiger partial charge in [0.1, 0.15) is 0 Å². The molecule has 31 heavy (non-hydrogen) atoms. The summed E-state index contributed by atoms with van der Waals surface area (Å²) in [6.07, 6.45) is 4.09. The fourth-order valence-corrected chi connectivity index (χ4v) is 4.36. The summed E-state index contributed by atoms with van der Waals surface area (Å²) in [5, 5.41) is 10.0. The number of H-pyrrole nitrogens is 1. The molecule has 0 radical (unpaired) electrons. The summed E-state index contributed by atoms with van der Waals surface area (Å²) in [7, 11) is 0. The normalized spacial score (nSPS) is 11.2.